The largest absolute Gasteiger partial charge is 0.497 e. The Morgan fingerprint density at radius 2 is 1.73 bits per heavy atom. The Balaban J connectivity index is 1.79. The number of nitrogens with one attached hydrogen (secondary N) is 2. The van der Waals surface area contributed by atoms with Gasteiger partial charge in [0.2, 0.25) is 5.91 Å². The molecule has 2 aromatic rings. The number of nitro groups is 1. The Hall–Kier alpha value is -3.68. The smallest absolute Gasteiger partial charge is 0.269 e. The Labute approximate surface area is 149 Å². The van der Waals surface area contributed by atoms with E-state index in [2.05, 4.69) is 10.9 Å². The molecule has 0 bridgehead atoms. The lowest BCUT2D eigenvalue weighted by atomic mass is 10.1. The number of carbonyl (C=O) groups is 2. The van der Waals surface area contributed by atoms with E-state index in [-0.39, 0.29) is 18.0 Å². The van der Waals surface area contributed by atoms with Gasteiger partial charge in [-0.25, -0.2) is 0 Å². The molecule has 0 aliphatic rings. The number of methoxy groups -OCH3 is 1. The maximum Gasteiger partial charge on any atom is 0.269 e. The molecule has 0 saturated carbocycles. The first-order valence-corrected chi connectivity index (χ1v) is 7.62. The van der Waals surface area contributed by atoms with Gasteiger partial charge in [-0.15, -0.1) is 0 Å². The summed E-state index contributed by atoms with van der Waals surface area (Å²) in [4.78, 5) is 33.6. The van der Waals surface area contributed by atoms with Crippen molar-refractivity contribution in [2.45, 2.75) is 6.42 Å². The second kappa shape index (κ2) is 8.97. The maximum absolute atomic E-state index is 11.8. The number of amides is 2. The molecule has 0 unspecified atom stereocenters. The average Bonchev–Trinajstić information content (AvgIpc) is 2.65. The van der Waals surface area contributed by atoms with E-state index < -0.39 is 10.8 Å². The molecule has 26 heavy (non-hydrogen) atoms. The molecule has 0 fully saturated rings. The average molecular weight is 355 g/mol. The highest BCUT2D eigenvalue weighted by atomic mass is 16.6. The molecule has 2 amide bonds. The van der Waals surface area contributed by atoms with Crippen molar-refractivity contribution in [3.8, 4) is 5.75 Å². The lowest BCUT2D eigenvalue weighted by Gasteiger charge is -2.06. The molecule has 134 valence electrons. The predicted molar refractivity (Wildman–Crippen MR) is 95.1 cm³/mol. The minimum atomic E-state index is -0.522. The van der Waals surface area contributed by atoms with Gasteiger partial charge in [0.25, 0.3) is 11.6 Å². The van der Waals surface area contributed by atoms with Crippen LogP contribution in [-0.2, 0) is 16.0 Å². The van der Waals surface area contributed by atoms with E-state index in [9.17, 15) is 19.7 Å². The molecule has 0 radical (unpaired) electrons. The number of rotatable bonds is 6. The van der Waals surface area contributed by atoms with E-state index in [0.717, 1.165) is 5.56 Å². The van der Waals surface area contributed by atoms with Crippen LogP contribution in [0.15, 0.2) is 54.6 Å². The van der Waals surface area contributed by atoms with E-state index in [1.165, 1.54) is 36.4 Å². The monoisotopic (exact) mass is 355 g/mol. The van der Waals surface area contributed by atoms with Crippen molar-refractivity contribution < 1.29 is 19.2 Å². The predicted octanol–water partition coefficient (Wildman–Crippen LogP) is 2.01. The van der Waals surface area contributed by atoms with Crippen molar-refractivity contribution in [2.75, 3.05) is 7.11 Å². The van der Waals surface area contributed by atoms with Crippen molar-refractivity contribution in [2.24, 2.45) is 0 Å². The van der Waals surface area contributed by atoms with Crippen LogP contribution in [0.2, 0.25) is 0 Å². The number of hydrazine groups is 1. The van der Waals surface area contributed by atoms with E-state index in [0.29, 0.717) is 11.3 Å². The van der Waals surface area contributed by atoms with Gasteiger partial charge in [0, 0.05) is 18.2 Å². The van der Waals surface area contributed by atoms with Gasteiger partial charge in [-0.05, 0) is 41.5 Å². The molecule has 0 saturated heterocycles. The quantitative estimate of drug-likeness (QED) is 0.468. The molecular weight excluding hydrogens is 338 g/mol. The summed E-state index contributed by atoms with van der Waals surface area (Å²) in [7, 11) is 1.56. The SMILES string of the molecule is COc1ccc(CC(=O)NNC(=O)/C=C/c2ccc([N+](=O)[O-])cc2)cc1. The van der Waals surface area contributed by atoms with Crippen LogP contribution in [0.25, 0.3) is 6.08 Å². The Morgan fingerprint density at radius 3 is 2.31 bits per heavy atom. The fourth-order valence-corrected chi connectivity index (χ4v) is 2.03. The second-order valence-electron chi connectivity index (χ2n) is 5.24. The van der Waals surface area contributed by atoms with Gasteiger partial charge in [0.05, 0.1) is 18.5 Å². The second-order valence-corrected chi connectivity index (χ2v) is 5.24. The summed E-state index contributed by atoms with van der Waals surface area (Å²) in [5.74, 6) is -0.197. The molecule has 8 nitrogen and oxygen atoms in total. The highest BCUT2D eigenvalue weighted by molar-refractivity contribution is 5.93. The summed E-state index contributed by atoms with van der Waals surface area (Å²) >= 11 is 0. The van der Waals surface area contributed by atoms with Gasteiger partial charge in [-0.1, -0.05) is 12.1 Å². The molecule has 8 heteroatoms. The number of carbonyl (C=O) groups excluding carboxylic acids is 2. The van der Waals surface area contributed by atoms with Crippen LogP contribution in [0.1, 0.15) is 11.1 Å². The molecule has 2 N–H and O–H groups in total. The minimum absolute atomic E-state index is 0.0302. The van der Waals surface area contributed by atoms with E-state index >= 15 is 0 Å². The third-order valence-corrected chi connectivity index (χ3v) is 3.38. The summed E-state index contributed by atoms with van der Waals surface area (Å²) in [6, 6.07) is 12.7. The fraction of sp³-hybridized carbons (Fsp3) is 0.111. The van der Waals surface area contributed by atoms with Crippen LogP contribution >= 0.6 is 0 Å². The summed E-state index contributed by atoms with van der Waals surface area (Å²) in [6.07, 6.45) is 2.81. The normalized spacial score (nSPS) is 10.3. The maximum atomic E-state index is 11.8. The molecular formula is C18H17N3O5. The minimum Gasteiger partial charge on any atom is -0.497 e. The van der Waals surface area contributed by atoms with Crippen molar-refractivity contribution in [1.82, 2.24) is 10.9 Å². The first-order chi connectivity index (χ1) is 12.5. The van der Waals surface area contributed by atoms with Crippen molar-refractivity contribution >= 4 is 23.6 Å². The molecule has 0 atom stereocenters. The van der Waals surface area contributed by atoms with E-state index in [1.54, 1.807) is 31.4 Å². The highest BCUT2D eigenvalue weighted by Gasteiger charge is 2.05. The zero-order chi connectivity index (χ0) is 18.9. The van der Waals surface area contributed by atoms with E-state index in [4.69, 9.17) is 4.74 Å². The number of benzene rings is 2. The fourth-order valence-electron chi connectivity index (χ4n) is 2.03. The molecule has 0 aromatic heterocycles. The topological polar surface area (TPSA) is 111 Å². The Morgan fingerprint density at radius 1 is 1.08 bits per heavy atom. The zero-order valence-corrected chi connectivity index (χ0v) is 14.0. The van der Waals surface area contributed by atoms with Crippen molar-refractivity contribution in [1.29, 1.82) is 0 Å². The molecule has 0 heterocycles. The van der Waals surface area contributed by atoms with Crippen LogP contribution in [0.5, 0.6) is 5.75 Å². The van der Waals surface area contributed by atoms with Crippen molar-refractivity contribution in [3.05, 3.63) is 75.8 Å². The van der Waals surface area contributed by atoms with Crippen LogP contribution in [0, 0.1) is 10.1 Å². The van der Waals surface area contributed by atoms with Gasteiger partial charge >= 0.3 is 0 Å². The van der Waals surface area contributed by atoms with Gasteiger partial charge in [0.1, 0.15) is 5.75 Å². The summed E-state index contributed by atoms with van der Waals surface area (Å²) < 4.78 is 5.04. The summed E-state index contributed by atoms with van der Waals surface area (Å²) in [5, 5.41) is 10.6. The number of nitrogens with zero attached hydrogens (tertiary/aromatic N) is 1. The van der Waals surface area contributed by atoms with Crippen LogP contribution in [-0.4, -0.2) is 23.8 Å². The first-order valence-electron chi connectivity index (χ1n) is 7.62. The molecule has 0 aliphatic carbocycles. The number of nitro benzene ring substituents is 1. The lowest BCUT2D eigenvalue weighted by molar-refractivity contribution is -0.384. The van der Waals surface area contributed by atoms with Crippen LogP contribution in [0.3, 0.4) is 0 Å². The lowest BCUT2D eigenvalue weighted by Crippen LogP contribution is -2.41. The number of non-ortho nitro benzene ring substituents is 1. The number of hydrogen-bond donors (Lipinski definition) is 2. The first kappa shape index (κ1) is 18.7. The van der Waals surface area contributed by atoms with Crippen molar-refractivity contribution in [3.63, 3.8) is 0 Å². The Bertz CT molecular complexity index is 814. The third-order valence-electron chi connectivity index (χ3n) is 3.38. The van der Waals surface area contributed by atoms with Gasteiger partial charge in [-0.2, -0.15) is 0 Å². The summed E-state index contributed by atoms with van der Waals surface area (Å²) in [5.41, 5.74) is 5.94. The van der Waals surface area contributed by atoms with Gasteiger partial charge in [0.15, 0.2) is 0 Å². The molecule has 0 spiro atoms. The van der Waals surface area contributed by atoms with Crippen LogP contribution < -0.4 is 15.6 Å². The van der Waals surface area contributed by atoms with Gasteiger partial charge < -0.3 is 4.74 Å². The number of hydrogen-bond acceptors (Lipinski definition) is 5. The third kappa shape index (κ3) is 5.75. The van der Waals surface area contributed by atoms with Crippen LogP contribution in [0.4, 0.5) is 5.69 Å². The molecule has 0 aliphatic heterocycles. The highest BCUT2D eigenvalue weighted by Crippen LogP contribution is 2.13. The standard InChI is InChI=1S/C18H17N3O5/c1-26-16-9-4-14(5-10-16)12-18(23)20-19-17(22)11-6-13-2-7-15(8-3-13)21(24)25/h2-11H,12H2,1H3,(H,19,22)(H,20,23)/b11-6+. The molecule has 2 rings (SSSR count). The molecule has 2 aromatic carbocycles. The van der Waals surface area contributed by atoms with E-state index in [1.807, 2.05) is 0 Å². The zero-order valence-electron chi connectivity index (χ0n) is 14.0. The van der Waals surface area contributed by atoms with Gasteiger partial charge in [-0.3, -0.25) is 30.6 Å². The Kier molecular flexibility index (Phi) is 6.44. The number of ether oxygens (including phenoxy) is 1. The summed E-state index contributed by atoms with van der Waals surface area (Å²) in [6.45, 7) is 0.